The Bertz CT molecular complexity index is 1340. The lowest BCUT2D eigenvalue weighted by molar-refractivity contribution is -0.0613. The fraction of sp³-hybridized carbons (Fsp3) is 0.516. The van der Waals surface area contributed by atoms with Gasteiger partial charge in [-0.05, 0) is 49.4 Å². The molecular weight excluding hydrogens is 545 g/mol. The van der Waals surface area contributed by atoms with Crippen LogP contribution in [0.4, 0.5) is 18.0 Å². The molecule has 1 aromatic heterocycles. The van der Waals surface area contributed by atoms with Gasteiger partial charge in [-0.3, -0.25) is 0 Å². The van der Waals surface area contributed by atoms with E-state index in [4.69, 9.17) is 15.5 Å². The number of amides is 2. The van der Waals surface area contributed by atoms with E-state index in [1.54, 1.807) is 14.5 Å². The van der Waals surface area contributed by atoms with Crippen LogP contribution in [-0.2, 0) is 11.3 Å². The van der Waals surface area contributed by atoms with Crippen LogP contribution in [0.5, 0.6) is 0 Å². The highest BCUT2D eigenvalue weighted by Gasteiger charge is 2.41. The van der Waals surface area contributed by atoms with Crippen LogP contribution >= 0.6 is 0 Å². The molecule has 228 valence electrons. The number of nitrogens with two attached hydrogens (primary N) is 1. The molecule has 42 heavy (non-hydrogen) atoms. The van der Waals surface area contributed by atoms with Gasteiger partial charge in [0.25, 0.3) is 0 Å². The zero-order valence-electron chi connectivity index (χ0n) is 24.9. The first-order chi connectivity index (χ1) is 19.9. The number of ether oxygens (including phenoxy) is 1. The maximum atomic E-state index is 14.9. The Kier molecular flexibility index (Phi) is 9.93. The van der Waals surface area contributed by atoms with Gasteiger partial charge in [0.1, 0.15) is 18.3 Å². The molecule has 0 radical (unpaired) electrons. The lowest BCUT2D eigenvalue weighted by atomic mass is 9.84. The van der Waals surface area contributed by atoms with Crippen molar-refractivity contribution in [1.82, 2.24) is 24.6 Å². The van der Waals surface area contributed by atoms with Gasteiger partial charge in [-0.15, -0.1) is 0 Å². The Hall–Kier alpha value is -3.44. The van der Waals surface area contributed by atoms with Gasteiger partial charge in [0.2, 0.25) is 0 Å². The minimum Gasteiger partial charge on any atom is -0.372 e. The van der Waals surface area contributed by atoms with Gasteiger partial charge < -0.3 is 20.3 Å². The minimum atomic E-state index is -0.748. The quantitative estimate of drug-likeness (QED) is 0.354. The molecule has 0 bridgehead atoms. The number of alkyl halides is 1. The summed E-state index contributed by atoms with van der Waals surface area (Å²) in [6.45, 7) is 10.3. The van der Waals surface area contributed by atoms with Gasteiger partial charge in [0.15, 0.2) is 11.6 Å². The molecule has 0 saturated carbocycles. The van der Waals surface area contributed by atoms with Crippen LogP contribution in [0, 0.1) is 17.0 Å². The average Bonchev–Trinajstić information content (AvgIpc) is 3.33. The van der Waals surface area contributed by atoms with E-state index in [1.807, 2.05) is 65.0 Å². The standard InChI is InChI=1S/C31H41F3N6O2/c1-20-17-38(18-21(2)42-20)30(41)39(14-13-24(35)16-32)27(31(3,4)5)29-36-28(25-15-23(33)11-12-26(25)34)37-40(29)19-22-9-7-6-8-10-22/h6-12,15,20-21,24,27H,13-14,16-19,35H2,1-5H3/t20-,21+,24-,27-/m0/s1. The van der Waals surface area contributed by atoms with Gasteiger partial charge in [-0.2, -0.15) is 5.10 Å². The van der Waals surface area contributed by atoms with Gasteiger partial charge in [0.05, 0.1) is 30.4 Å². The Balaban J connectivity index is 1.86. The van der Waals surface area contributed by atoms with E-state index in [0.717, 1.165) is 23.8 Å². The van der Waals surface area contributed by atoms with Crippen molar-refractivity contribution in [3.63, 3.8) is 0 Å². The summed E-state index contributed by atoms with van der Waals surface area (Å²) in [6.07, 6.45) is -0.0994. The van der Waals surface area contributed by atoms with E-state index >= 15 is 0 Å². The molecule has 1 saturated heterocycles. The summed E-state index contributed by atoms with van der Waals surface area (Å²) >= 11 is 0. The molecule has 0 aliphatic carbocycles. The monoisotopic (exact) mass is 586 g/mol. The largest absolute Gasteiger partial charge is 0.372 e. The second-order valence-corrected chi connectivity index (χ2v) is 12.2. The van der Waals surface area contributed by atoms with Crippen LogP contribution < -0.4 is 5.73 Å². The summed E-state index contributed by atoms with van der Waals surface area (Å²) in [5.41, 5.74) is 6.21. The lowest BCUT2D eigenvalue weighted by Gasteiger charge is -2.44. The molecule has 4 atom stereocenters. The predicted octanol–water partition coefficient (Wildman–Crippen LogP) is 5.58. The lowest BCUT2D eigenvalue weighted by Crippen LogP contribution is -2.55. The molecule has 0 spiro atoms. The molecule has 2 amide bonds. The zero-order valence-corrected chi connectivity index (χ0v) is 24.9. The summed E-state index contributed by atoms with van der Waals surface area (Å²) in [5, 5.41) is 4.64. The number of benzene rings is 2. The number of hydrogen-bond acceptors (Lipinski definition) is 5. The van der Waals surface area contributed by atoms with Crippen LogP contribution in [0.2, 0.25) is 0 Å². The first-order valence-electron chi connectivity index (χ1n) is 14.3. The van der Waals surface area contributed by atoms with Crippen LogP contribution in [-0.4, -0.2) is 75.2 Å². The van der Waals surface area contributed by atoms with Gasteiger partial charge in [-0.1, -0.05) is 51.1 Å². The molecule has 4 rings (SSSR count). The normalized spacial score (nSPS) is 19.0. The summed E-state index contributed by atoms with van der Waals surface area (Å²) in [4.78, 5) is 22.5. The van der Waals surface area contributed by atoms with Crippen LogP contribution in [0.1, 0.15) is 58.5 Å². The Morgan fingerprint density at radius 1 is 1.12 bits per heavy atom. The first-order valence-corrected chi connectivity index (χ1v) is 14.3. The van der Waals surface area contributed by atoms with Gasteiger partial charge in [0, 0.05) is 25.7 Å². The van der Waals surface area contributed by atoms with Crippen molar-refractivity contribution < 1.29 is 22.7 Å². The number of nitrogens with zero attached hydrogens (tertiary/aromatic N) is 5. The fourth-order valence-corrected chi connectivity index (χ4v) is 5.44. The SMILES string of the molecule is C[C@@H]1CN(C(=O)N(CC[C@H](N)CF)[C@@H](c2nc(-c3cc(F)ccc3F)nn2Cc2ccccc2)C(C)(C)C)C[C@H](C)O1. The number of morpholine rings is 1. The molecule has 2 N–H and O–H groups in total. The number of halogens is 3. The first kappa shape index (κ1) is 31.5. The number of urea groups is 1. The molecule has 1 fully saturated rings. The number of carbonyl (C=O) groups is 1. The summed E-state index contributed by atoms with van der Waals surface area (Å²) in [6, 6.07) is 11.0. The van der Waals surface area contributed by atoms with Crippen molar-refractivity contribution in [3.05, 3.63) is 71.6 Å². The zero-order chi connectivity index (χ0) is 30.6. The highest BCUT2D eigenvalue weighted by atomic mass is 19.1. The molecule has 1 aliphatic heterocycles. The third-order valence-electron chi connectivity index (χ3n) is 7.30. The second-order valence-electron chi connectivity index (χ2n) is 12.2. The van der Waals surface area contributed by atoms with Crippen molar-refractivity contribution in [2.45, 2.75) is 71.9 Å². The highest BCUT2D eigenvalue weighted by molar-refractivity contribution is 5.75. The van der Waals surface area contributed by atoms with Crippen molar-refractivity contribution in [2.75, 3.05) is 26.3 Å². The number of aromatic nitrogens is 3. The van der Waals surface area contributed by atoms with Crippen LogP contribution in [0.15, 0.2) is 48.5 Å². The molecule has 2 aromatic carbocycles. The molecule has 8 nitrogen and oxygen atoms in total. The van der Waals surface area contributed by atoms with Crippen LogP contribution in [0.3, 0.4) is 0 Å². The maximum Gasteiger partial charge on any atom is 0.320 e. The summed E-state index contributed by atoms with van der Waals surface area (Å²) in [7, 11) is 0. The van der Waals surface area contributed by atoms with E-state index < -0.39 is 35.8 Å². The molecule has 2 heterocycles. The minimum absolute atomic E-state index is 0.00802. The predicted molar refractivity (Wildman–Crippen MR) is 155 cm³/mol. The number of hydrogen-bond donors (Lipinski definition) is 1. The Labute approximate surface area is 245 Å². The van der Waals surface area contributed by atoms with Gasteiger partial charge in [-0.25, -0.2) is 27.6 Å². The maximum absolute atomic E-state index is 14.9. The van der Waals surface area contributed by atoms with E-state index in [1.165, 1.54) is 0 Å². The molecule has 1 aliphatic rings. The Morgan fingerprint density at radius 2 is 1.79 bits per heavy atom. The van der Waals surface area contributed by atoms with Crippen LogP contribution in [0.25, 0.3) is 11.4 Å². The van der Waals surface area contributed by atoms with Gasteiger partial charge >= 0.3 is 6.03 Å². The van der Waals surface area contributed by atoms with Crippen molar-refractivity contribution in [2.24, 2.45) is 11.1 Å². The molecule has 0 unspecified atom stereocenters. The molecule has 3 aromatic rings. The Morgan fingerprint density at radius 3 is 2.40 bits per heavy atom. The summed E-state index contributed by atoms with van der Waals surface area (Å²) < 4.78 is 50.1. The van der Waals surface area contributed by atoms with Crippen molar-refractivity contribution in [3.8, 4) is 11.4 Å². The van der Waals surface area contributed by atoms with Crippen molar-refractivity contribution in [1.29, 1.82) is 0 Å². The smallest absolute Gasteiger partial charge is 0.320 e. The fourth-order valence-electron chi connectivity index (χ4n) is 5.44. The highest BCUT2D eigenvalue weighted by Crippen LogP contribution is 2.39. The third kappa shape index (κ3) is 7.49. The van der Waals surface area contributed by atoms with E-state index in [-0.39, 0.29) is 49.1 Å². The molecule has 11 heteroatoms. The number of carbonyl (C=O) groups excluding carboxylic acids is 1. The summed E-state index contributed by atoms with van der Waals surface area (Å²) in [5.74, 6) is -0.868. The second kappa shape index (κ2) is 13.2. The van der Waals surface area contributed by atoms with E-state index in [2.05, 4.69) is 5.10 Å². The number of rotatable bonds is 9. The van der Waals surface area contributed by atoms with Crippen molar-refractivity contribution >= 4 is 6.03 Å². The van der Waals surface area contributed by atoms with E-state index in [0.29, 0.717) is 18.9 Å². The molecular formula is C31H41F3N6O2. The average molecular weight is 587 g/mol. The topological polar surface area (TPSA) is 89.5 Å². The van der Waals surface area contributed by atoms with E-state index in [9.17, 15) is 18.0 Å². The third-order valence-corrected chi connectivity index (χ3v) is 7.30.